The molecule has 0 aromatic carbocycles. The van der Waals surface area contributed by atoms with Crippen LogP contribution in [-0.4, -0.2) is 23.9 Å². The second-order valence-electron chi connectivity index (χ2n) is 5.55. The molecule has 10 nitrogen and oxygen atoms in total. The zero-order valence-electron chi connectivity index (χ0n) is 14.8. The molecule has 0 aliphatic carbocycles. The van der Waals surface area contributed by atoms with Gasteiger partial charge in [0.15, 0.2) is 22.3 Å². The Balaban J connectivity index is 0.000000194. The number of furan rings is 2. The molecule has 0 radical (unpaired) electrons. The molecule has 0 saturated heterocycles. The molecule has 4 rings (SSSR count). The highest BCUT2D eigenvalue weighted by Gasteiger charge is 2.49. The number of nitrogens with zero attached hydrogens (tertiary/aromatic N) is 3. The molecule has 1 N–H and O–H groups in total. The zero-order valence-corrected chi connectivity index (χ0v) is 15.6. The molecule has 0 amide bonds. The summed E-state index contributed by atoms with van der Waals surface area (Å²) >= 11 is 0. The van der Waals surface area contributed by atoms with Crippen LogP contribution in [0.15, 0.2) is 50.7 Å². The second kappa shape index (κ2) is 7.85. The Bertz CT molecular complexity index is 1520. The van der Waals surface area contributed by atoms with Gasteiger partial charge in [-0.25, -0.2) is 4.98 Å². The van der Waals surface area contributed by atoms with E-state index in [9.17, 15) is 26.4 Å². The monoisotopic (exact) mass is 452 g/mol. The van der Waals surface area contributed by atoms with Crippen molar-refractivity contribution in [3.8, 4) is 18.0 Å². The first-order valence-corrected chi connectivity index (χ1v) is 9.26. The normalized spacial score (nSPS) is 11.4. The van der Waals surface area contributed by atoms with Crippen molar-refractivity contribution < 1.29 is 34.6 Å². The maximum atomic E-state index is 12.2. The summed E-state index contributed by atoms with van der Waals surface area (Å²) < 4.78 is 71.8. The summed E-state index contributed by atoms with van der Waals surface area (Å²) in [6.45, 7) is 0. The fraction of sp³-hybridized carbons (Fsp3) is 0.0588. The minimum absolute atomic E-state index is 0.0255. The number of nitrogens with one attached hydrogen (secondary N) is 1. The minimum atomic E-state index is -5.89. The Labute approximate surface area is 169 Å². The predicted octanol–water partition coefficient (Wildman–Crippen LogP) is 2.92. The number of aromatic nitrogens is 2. The van der Waals surface area contributed by atoms with Crippen LogP contribution in [-0.2, 0) is 10.1 Å². The van der Waals surface area contributed by atoms with E-state index in [1.54, 1.807) is 12.1 Å². The van der Waals surface area contributed by atoms with Crippen molar-refractivity contribution in [1.29, 1.82) is 10.5 Å². The van der Waals surface area contributed by atoms with Crippen LogP contribution in [0.1, 0.15) is 11.1 Å². The van der Waals surface area contributed by atoms with Gasteiger partial charge in [-0.3, -0.25) is 4.79 Å². The van der Waals surface area contributed by atoms with E-state index in [1.807, 2.05) is 0 Å². The number of halogens is 3. The van der Waals surface area contributed by atoms with E-state index in [-0.39, 0.29) is 11.1 Å². The lowest BCUT2D eigenvalue weighted by molar-refractivity contribution is -0.0501. The first-order chi connectivity index (χ1) is 14.6. The molecular weight excluding hydrogens is 445 g/mol. The van der Waals surface area contributed by atoms with E-state index in [4.69, 9.17) is 19.4 Å². The number of aromatic amines is 1. The van der Waals surface area contributed by atoms with Crippen LogP contribution in [0.25, 0.3) is 21.9 Å². The molecule has 0 bridgehead atoms. The molecule has 0 atom stereocenters. The van der Waals surface area contributed by atoms with Gasteiger partial charge in [0.2, 0.25) is 0 Å². The molecule has 4 aromatic rings. The zero-order chi connectivity index (χ0) is 22.8. The highest BCUT2D eigenvalue weighted by atomic mass is 32.2. The number of H-pyrrole nitrogens is 1. The Morgan fingerprint density at radius 2 is 1.61 bits per heavy atom. The first-order valence-electron chi connectivity index (χ1n) is 7.85. The van der Waals surface area contributed by atoms with E-state index in [1.165, 1.54) is 30.9 Å². The summed E-state index contributed by atoms with van der Waals surface area (Å²) in [5.74, 6) is -0.984. The van der Waals surface area contributed by atoms with Crippen molar-refractivity contribution in [3.05, 3.63) is 58.5 Å². The van der Waals surface area contributed by atoms with E-state index in [0.717, 1.165) is 11.6 Å². The van der Waals surface area contributed by atoms with Crippen molar-refractivity contribution in [1.82, 2.24) is 9.97 Å². The van der Waals surface area contributed by atoms with Crippen molar-refractivity contribution >= 4 is 32.1 Å². The molecule has 14 heteroatoms. The van der Waals surface area contributed by atoms with Crippen LogP contribution in [0.4, 0.5) is 13.2 Å². The van der Waals surface area contributed by atoms with Gasteiger partial charge in [-0.2, -0.15) is 32.1 Å². The van der Waals surface area contributed by atoms with Crippen LogP contribution >= 0.6 is 0 Å². The molecule has 0 spiro atoms. The number of alkyl halides is 3. The van der Waals surface area contributed by atoms with Crippen LogP contribution in [0.5, 0.6) is 5.88 Å². The standard InChI is InChI=1S/C9H3F3N2O4S.C8H4N2O2/c10-9(11,12)19(15,16)18-8-6(3-13)7-5(4-14-8)1-2-17-7;9-3-6-7-5(1-2-12-7)4-10-8(6)11/h1-2,4H;1-2,4H,(H,10,11). The number of nitriles is 2. The third kappa shape index (κ3) is 4.05. The average Bonchev–Trinajstić information content (AvgIpc) is 3.36. The Morgan fingerprint density at radius 3 is 2.19 bits per heavy atom. The topological polar surface area (TPSA) is 163 Å². The Hall–Kier alpha value is -4.30. The highest BCUT2D eigenvalue weighted by molar-refractivity contribution is 7.87. The van der Waals surface area contributed by atoms with Crippen LogP contribution < -0.4 is 9.74 Å². The van der Waals surface area contributed by atoms with E-state index < -0.39 is 32.6 Å². The highest BCUT2D eigenvalue weighted by Crippen LogP contribution is 2.30. The average molecular weight is 452 g/mol. The van der Waals surface area contributed by atoms with Gasteiger partial charge in [0.05, 0.1) is 12.5 Å². The van der Waals surface area contributed by atoms with Crippen molar-refractivity contribution in [2.45, 2.75) is 5.51 Å². The lowest BCUT2D eigenvalue weighted by Crippen LogP contribution is -2.28. The molecule has 0 saturated carbocycles. The van der Waals surface area contributed by atoms with Gasteiger partial charge in [0, 0.05) is 23.2 Å². The summed E-state index contributed by atoms with van der Waals surface area (Å²) in [4.78, 5) is 16.8. The van der Waals surface area contributed by atoms with Gasteiger partial charge in [-0.1, -0.05) is 0 Å². The molecular formula is C17H7F3N4O6S. The molecule has 0 fully saturated rings. The number of pyridine rings is 2. The van der Waals surface area contributed by atoms with Crippen molar-refractivity contribution in [2.24, 2.45) is 0 Å². The lowest BCUT2D eigenvalue weighted by atomic mass is 10.2. The van der Waals surface area contributed by atoms with E-state index in [2.05, 4.69) is 14.2 Å². The molecule has 0 aliphatic heterocycles. The van der Waals surface area contributed by atoms with Crippen molar-refractivity contribution in [3.63, 3.8) is 0 Å². The van der Waals surface area contributed by atoms with E-state index >= 15 is 0 Å². The van der Waals surface area contributed by atoms with Crippen molar-refractivity contribution in [2.75, 3.05) is 0 Å². The fourth-order valence-corrected chi connectivity index (χ4v) is 2.71. The largest absolute Gasteiger partial charge is 0.534 e. The Morgan fingerprint density at radius 1 is 1.03 bits per heavy atom. The number of hydrogen-bond donors (Lipinski definition) is 1. The number of hydrogen-bond acceptors (Lipinski definition) is 9. The molecule has 31 heavy (non-hydrogen) atoms. The Kier molecular flexibility index (Phi) is 5.42. The fourth-order valence-electron chi connectivity index (χ4n) is 2.28. The van der Waals surface area contributed by atoms with Gasteiger partial charge in [0.1, 0.15) is 12.1 Å². The summed E-state index contributed by atoms with van der Waals surface area (Å²) in [5.41, 5.74) is -6.29. The predicted molar refractivity (Wildman–Crippen MR) is 95.9 cm³/mol. The van der Waals surface area contributed by atoms with Crippen LogP contribution in [0.2, 0.25) is 0 Å². The van der Waals surface area contributed by atoms with Gasteiger partial charge in [-0.05, 0) is 12.1 Å². The van der Waals surface area contributed by atoms with Crippen LogP contribution in [0.3, 0.4) is 0 Å². The van der Waals surface area contributed by atoms with Gasteiger partial charge in [-0.15, -0.1) is 0 Å². The summed E-state index contributed by atoms with van der Waals surface area (Å²) in [6, 6.07) is 6.37. The van der Waals surface area contributed by atoms with Gasteiger partial charge < -0.3 is 18.0 Å². The molecule has 0 unspecified atom stereocenters. The first kappa shape index (κ1) is 21.4. The van der Waals surface area contributed by atoms with Gasteiger partial charge >= 0.3 is 15.6 Å². The molecule has 0 aliphatic rings. The summed E-state index contributed by atoms with van der Waals surface area (Å²) in [6.07, 6.45) is 5.16. The maximum absolute atomic E-state index is 12.2. The molecule has 4 heterocycles. The maximum Gasteiger partial charge on any atom is 0.534 e. The summed E-state index contributed by atoms with van der Waals surface area (Å²) in [5, 5.41) is 18.5. The molecule has 158 valence electrons. The number of fused-ring (bicyclic) bond motifs is 2. The SMILES string of the molecule is N#Cc1c(=O)[nH]cc2ccoc12.N#Cc1c(OS(=O)(=O)C(F)(F)F)ncc2ccoc12. The number of rotatable bonds is 2. The third-order valence-corrected chi connectivity index (χ3v) is 4.61. The lowest BCUT2D eigenvalue weighted by Gasteiger charge is -2.09. The summed E-state index contributed by atoms with van der Waals surface area (Å²) in [7, 11) is -5.89. The third-order valence-electron chi connectivity index (χ3n) is 3.66. The smallest absolute Gasteiger partial charge is 0.463 e. The second-order valence-corrected chi connectivity index (χ2v) is 7.09. The van der Waals surface area contributed by atoms with Gasteiger partial charge in [0.25, 0.3) is 11.4 Å². The molecule has 4 aromatic heterocycles. The minimum Gasteiger partial charge on any atom is -0.463 e. The quantitative estimate of drug-likeness (QED) is 0.356. The van der Waals surface area contributed by atoms with Crippen LogP contribution in [0, 0.1) is 22.7 Å². The van der Waals surface area contributed by atoms with E-state index in [0.29, 0.717) is 11.0 Å².